The largest absolute Gasteiger partial charge is 0.490 e. The highest BCUT2D eigenvalue weighted by Gasteiger charge is 2.19. The third-order valence-corrected chi connectivity index (χ3v) is 4.05. The molecule has 0 bridgehead atoms. The maximum absolute atomic E-state index is 12.6. The van der Waals surface area contributed by atoms with Gasteiger partial charge in [-0.2, -0.15) is 0 Å². The Morgan fingerprint density at radius 3 is 2.33 bits per heavy atom. The SMILES string of the molecule is Cc1ccc(C(=O)c2cc3c(cc2Br)OCCCO3)cc1. The highest BCUT2D eigenvalue weighted by molar-refractivity contribution is 9.10. The number of ketones is 1. The number of ether oxygens (including phenoxy) is 2. The van der Waals surface area contributed by atoms with Crippen LogP contribution in [0.4, 0.5) is 0 Å². The van der Waals surface area contributed by atoms with Crippen LogP contribution in [-0.4, -0.2) is 19.0 Å². The van der Waals surface area contributed by atoms with Crippen molar-refractivity contribution in [3.8, 4) is 11.5 Å². The van der Waals surface area contributed by atoms with Crippen molar-refractivity contribution in [3.05, 3.63) is 57.6 Å². The minimum atomic E-state index is -0.0301. The Hall–Kier alpha value is -1.81. The first-order chi connectivity index (χ1) is 10.1. The van der Waals surface area contributed by atoms with E-state index in [4.69, 9.17) is 9.47 Å². The fourth-order valence-electron chi connectivity index (χ4n) is 2.22. The van der Waals surface area contributed by atoms with Crippen LogP contribution in [0.5, 0.6) is 11.5 Å². The van der Waals surface area contributed by atoms with Gasteiger partial charge in [-0.25, -0.2) is 0 Å². The van der Waals surface area contributed by atoms with E-state index in [9.17, 15) is 4.79 Å². The molecule has 21 heavy (non-hydrogen) atoms. The van der Waals surface area contributed by atoms with E-state index in [2.05, 4.69) is 15.9 Å². The standard InChI is InChI=1S/C17H15BrO3/c1-11-3-5-12(6-4-11)17(19)13-9-15-16(10-14(13)18)21-8-2-7-20-15/h3-6,9-10H,2,7-8H2,1H3. The Morgan fingerprint density at radius 1 is 1.05 bits per heavy atom. The molecule has 2 aromatic rings. The molecule has 108 valence electrons. The van der Waals surface area contributed by atoms with Gasteiger partial charge in [-0.3, -0.25) is 4.79 Å². The summed E-state index contributed by atoms with van der Waals surface area (Å²) in [4.78, 5) is 12.6. The molecule has 0 saturated carbocycles. The average Bonchev–Trinajstić information content (AvgIpc) is 2.71. The molecule has 2 aromatic carbocycles. The van der Waals surface area contributed by atoms with Crippen molar-refractivity contribution in [2.45, 2.75) is 13.3 Å². The third kappa shape index (κ3) is 2.95. The zero-order valence-electron chi connectivity index (χ0n) is 11.7. The summed E-state index contributed by atoms with van der Waals surface area (Å²) < 4.78 is 12.0. The number of aryl methyl sites for hydroxylation is 1. The number of halogens is 1. The van der Waals surface area contributed by atoms with E-state index in [0.29, 0.717) is 35.8 Å². The maximum atomic E-state index is 12.6. The Morgan fingerprint density at radius 2 is 1.67 bits per heavy atom. The molecular formula is C17H15BrO3. The summed E-state index contributed by atoms with van der Waals surface area (Å²) in [6, 6.07) is 11.1. The predicted octanol–water partition coefficient (Wildman–Crippen LogP) is 4.15. The summed E-state index contributed by atoms with van der Waals surface area (Å²) in [5.74, 6) is 1.28. The molecule has 1 aliphatic rings. The lowest BCUT2D eigenvalue weighted by Crippen LogP contribution is -2.04. The van der Waals surface area contributed by atoms with Crippen LogP contribution >= 0.6 is 15.9 Å². The smallest absolute Gasteiger partial charge is 0.194 e. The minimum absolute atomic E-state index is 0.0301. The van der Waals surface area contributed by atoms with E-state index in [-0.39, 0.29) is 5.78 Å². The van der Waals surface area contributed by atoms with Crippen LogP contribution in [0.2, 0.25) is 0 Å². The lowest BCUT2D eigenvalue weighted by molar-refractivity contribution is 0.103. The second kappa shape index (κ2) is 5.90. The molecule has 0 spiro atoms. The van der Waals surface area contributed by atoms with Crippen molar-refractivity contribution in [2.24, 2.45) is 0 Å². The van der Waals surface area contributed by atoms with Crippen molar-refractivity contribution in [1.82, 2.24) is 0 Å². The molecule has 0 atom stereocenters. The van der Waals surface area contributed by atoms with Crippen LogP contribution in [0.1, 0.15) is 27.9 Å². The van der Waals surface area contributed by atoms with E-state index in [1.54, 1.807) is 6.07 Å². The number of carbonyl (C=O) groups excluding carboxylic acids is 1. The second-order valence-corrected chi connectivity index (χ2v) is 5.88. The van der Waals surface area contributed by atoms with Gasteiger partial charge in [-0.05, 0) is 35.0 Å². The van der Waals surface area contributed by atoms with Crippen molar-refractivity contribution >= 4 is 21.7 Å². The van der Waals surface area contributed by atoms with E-state index in [1.165, 1.54) is 0 Å². The van der Waals surface area contributed by atoms with Gasteiger partial charge in [0.05, 0.1) is 13.2 Å². The zero-order valence-corrected chi connectivity index (χ0v) is 13.3. The molecule has 3 nitrogen and oxygen atoms in total. The quantitative estimate of drug-likeness (QED) is 0.766. The molecular weight excluding hydrogens is 332 g/mol. The van der Waals surface area contributed by atoms with Gasteiger partial charge in [0.1, 0.15) is 0 Å². The third-order valence-electron chi connectivity index (χ3n) is 3.40. The van der Waals surface area contributed by atoms with Gasteiger partial charge < -0.3 is 9.47 Å². The highest BCUT2D eigenvalue weighted by atomic mass is 79.9. The van der Waals surface area contributed by atoms with Gasteiger partial charge in [-0.1, -0.05) is 29.8 Å². The number of fused-ring (bicyclic) bond motifs is 1. The lowest BCUT2D eigenvalue weighted by atomic mass is 10.0. The first-order valence-corrected chi connectivity index (χ1v) is 7.65. The molecule has 1 aliphatic heterocycles. The lowest BCUT2D eigenvalue weighted by Gasteiger charge is -2.11. The van der Waals surface area contributed by atoms with E-state index in [1.807, 2.05) is 37.3 Å². The molecule has 0 radical (unpaired) electrons. The Kier molecular flexibility index (Phi) is 3.97. The van der Waals surface area contributed by atoms with Crippen LogP contribution < -0.4 is 9.47 Å². The number of benzene rings is 2. The number of hydrogen-bond acceptors (Lipinski definition) is 3. The molecule has 0 amide bonds. The summed E-state index contributed by atoms with van der Waals surface area (Å²) in [5, 5.41) is 0. The first-order valence-electron chi connectivity index (χ1n) is 6.85. The second-order valence-electron chi connectivity index (χ2n) is 5.02. The molecule has 1 heterocycles. The predicted molar refractivity (Wildman–Crippen MR) is 84.4 cm³/mol. The molecule has 3 rings (SSSR count). The first kappa shape index (κ1) is 14.1. The fraction of sp³-hybridized carbons (Fsp3) is 0.235. The van der Waals surface area contributed by atoms with E-state index < -0.39 is 0 Å². The summed E-state index contributed by atoms with van der Waals surface area (Å²) >= 11 is 3.46. The molecule has 0 aliphatic carbocycles. The minimum Gasteiger partial charge on any atom is -0.490 e. The van der Waals surface area contributed by atoms with Crippen LogP contribution in [0.15, 0.2) is 40.9 Å². The summed E-state index contributed by atoms with van der Waals surface area (Å²) in [7, 11) is 0. The fourth-order valence-corrected chi connectivity index (χ4v) is 2.72. The van der Waals surface area contributed by atoms with Gasteiger partial charge in [0.15, 0.2) is 17.3 Å². The Labute approximate surface area is 132 Å². The molecule has 0 aromatic heterocycles. The molecule has 4 heteroatoms. The molecule has 0 N–H and O–H groups in total. The monoisotopic (exact) mass is 346 g/mol. The van der Waals surface area contributed by atoms with Crippen LogP contribution in [0, 0.1) is 6.92 Å². The maximum Gasteiger partial charge on any atom is 0.194 e. The molecule has 0 saturated heterocycles. The normalized spacial score (nSPS) is 13.6. The Bertz CT molecular complexity index is 677. The van der Waals surface area contributed by atoms with Crippen molar-refractivity contribution < 1.29 is 14.3 Å². The van der Waals surface area contributed by atoms with Gasteiger partial charge in [0, 0.05) is 22.0 Å². The summed E-state index contributed by atoms with van der Waals surface area (Å²) in [5.41, 5.74) is 2.38. The number of rotatable bonds is 2. The van der Waals surface area contributed by atoms with Crippen LogP contribution in [-0.2, 0) is 0 Å². The van der Waals surface area contributed by atoms with Crippen molar-refractivity contribution in [2.75, 3.05) is 13.2 Å². The molecule has 0 fully saturated rings. The van der Waals surface area contributed by atoms with E-state index >= 15 is 0 Å². The zero-order chi connectivity index (χ0) is 14.8. The number of carbonyl (C=O) groups is 1. The van der Waals surface area contributed by atoms with Gasteiger partial charge in [0.2, 0.25) is 0 Å². The van der Waals surface area contributed by atoms with Gasteiger partial charge in [0.25, 0.3) is 0 Å². The summed E-state index contributed by atoms with van der Waals surface area (Å²) in [6.07, 6.45) is 0.841. The van der Waals surface area contributed by atoms with E-state index in [0.717, 1.165) is 16.5 Å². The average molecular weight is 347 g/mol. The molecule has 0 unspecified atom stereocenters. The van der Waals surface area contributed by atoms with Crippen molar-refractivity contribution in [1.29, 1.82) is 0 Å². The van der Waals surface area contributed by atoms with Gasteiger partial charge >= 0.3 is 0 Å². The number of hydrogen-bond donors (Lipinski definition) is 0. The van der Waals surface area contributed by atoms with Crippen molar-refractivity contribution in [3.63, 3.8) is 0 Å². The summed E-state index contributed by atoms with van der Waals surface area (Å²) in [6.45, 7) is 3.23. The highest BCUT2D eigenvalue weighted by Crippen LogP contribution is 2.36. The topological polar surface area (TPSA) is 35.5 Å². The van der Waals surface area contributed by atoms with Crippen LogP contribution in [0.3, 0.4) is 0 Å². The van der Waals surface area contributed by atoms with Gasteiger partial charge in [-0.15, -0.1) is 0 Å². The van der Waals surface area contributed by atoms with Crippen LogP contribution in [0.25, 0.3) is 0 Å². The Balaban J connectivity index is 2.00.